The van der Waals surface area contributed by atoms with Crippen LogP contribution in [-0.2, 0) is 9.84 Å². The van der Waals surface area contributed by atoms with Crippen LogP contribution in [0.2, 0.25) is 0 Å². The molecule has 138 valence electrons. The van der Waals surface area contributed by atoms with Crippen LogP contribution in [0.15, 0.2) is 77.8 Å². The van der Waals surface area contributed by atoms with Gasteiger partial charge >= 0.3 is 0 Å². The standard InChI is InChI=1S/C21H19NO4S/c1-15(2)27(24,25)19-12-13-20(22-14-19)26-18-10-8-17(9-11-18)21(23)16-6-4-3-5-7-16/h3-15H,1-2H3. The van der Waals surface area contributed by atoms with Gasteiger partial charge in [-0.25, -0.2) is 13.4 Å². The van der Waals surface area contributed by atoms with Crippen molar-refractivity contribution in [1.82, 2.24) is 4.98 Å². The number of nitrogens with zero attached hydrogens (tertiary/aromatic N) is 1. The zero-order valence-electron chi connectivity index (χ0n) is 15.0. The second kappa shape index (κ2) is 7.72. The molecule has 0 unspecified atom stereocenters. The number of carbonyl (C=O) groups excluding carboxylic acids is 1. The Labute approximate surface area is 158 Å². The Morgan fingerprint density at radius 2 is 1.52 bits per heavy atom. The lowest BCUT2D eigenvalue weighted by atomic mass is 10.0. The van der Waals surface area contributed by atoms with Gasteiger partial charge in [-0.15, -0.1) is 0 Å². The fraction of sp³-hybridized carbons (Fsp3) is 0.143. The van der Waals surface area contributed by atoms with E-state index >= 15 is 0 Å². The Morgan fingerprint density at radius 1 is 0.889 bits per heavy atom. The zero-order chi connectivity index (χ0) is 19.4. The van der Waals surface area contributed by atoms with Crippen LogP contribution in [0.25, 0.3) is 0 Å². The molecule has 0 bridgehead atoms. The first-order valence-corrected chi connectivity index (χ1v) is 10.00. The molecule has 0 amide bonds. The van der Waals surface area contributed by atoms with Gasteiger partial charge < -0.3 is 4.74 Å². The van der Waals surface area contributed by atoms with Crippen LogP contribution in [0.1, 0.15) is 29.8 Å². The molecule has 0 aliphatic carbocycles. The molecule has 0 aliphatic heterocycles. The molecule has 1 aromatic heterocycles. The van der Waals surface area contributed by atoms with E-state index in [1.54, 1.807) is 50.2 Å². The van der Waals surface area contributed by atoms with E-state index in [1.165, 1.54) is 18.3 Å². The molecular formula is C21H19NO4S. The van der Waals surface area contributed by atoms with E-state index in [-0.39, 0.29) is 16.6 Å². The van der Waals surface area contributed by atoms with Gasteiger partial charge in [0.2, 0.25) is 5.88 Å². The van der Waals surface area contributed by atoms with Gasteiger partial charge in [0.05, 0.1) is 10.1 Å². The molecule has 0 spiro atoms. The SMILES string of the molecule is CC(C)S(=O)(=O)c1ccc(Oc2ccc(C(=O)c3ccccc3)cc2)nc1. The van der Waals surface area contributed by atoms with Gasteiger partial charge in [0.1, 0.15) is 5.75 Å². The molecule has 3 rings (SSSR count). The molecule has 0 N–H and O–H groups in total. The first-order chi connectivity index (χ1) is 12.9. The van der Waals surface area contributed by atoms with Gasteiger partial charge in [-0.05, 0) is 44.2 Å². The monoisotopic (exact) mass is 381 g/mol. The largest absolute Gasteiger partial charge is 0.439 e. The van der Waals surface area contributed by atoms with Gasteiger partial charge in [-0.3, -0.25) is 4.79 Å². The third kappa shape index (κ3) is 4.23. The first kappa shape index (κ1) is 18.8. The Kier molecular flexibility index (Phi) is 5.37. The Bertz CT molecular complexity index is 1030. The topological polar surface area (TPSA) is 73.3 Å². The molecule has 0 saturated carbocycles. The van der Waals surface area contributed by atoms with E-state index in [0.717, 1.165) is 0 Å². The van der Waals surface area contributed by atoms with Crippen LogP contribution in [0.5, 0.6) is 11.6 Å². The minimum absolute atomic E-state index is 0.0662. The molecule has 2 aromatic carbocycles. The summed E-state index contributed by atoms with van der Waals surface area (Å²) in [5.74, 6) is 0.718. The number of hydrogen-bond donors (Lipinski definition) is 0. The predicted molar refractivity (Wildman–Crippen MR) is 103 cm³/mol. The van der Waals surface area contributed by atoms with Gasteiger partial charge in [0, 0.05) is 23.4 Å². The van der Waals surface area contributed by atoms with E-state index in [4.69, 9.17) is 4.74 Å². The lowest BCUT2D eigenvalue weighted by molar-refractivity contribution is 0.103. The van der Waals surface area contributed by atoms with Gasteiger partial charge in [0.25, 0.3) is 0 Å². The van der Waals surface area contributed by atoms with Crippen molar-refractivity contribution in [2.24, 2.45) is 0 Å². The number of rotatable bonds is 6. The number of hydrogen-bond acceptors (Lipinski definition) is 5. The Morgan fingerprint density at radius 3 is 2.07 bits per heavy atom. The second-order valence-corrected chi connectivity index (χ2v) is 8.75. The third-order valence-electron chi connectivity index (χ3n) is 4.03. The minimum Gasteiger partial charge on any atom is -0.439 e. The van der Waals surface area contributed by atoms with Crippen LogP contribution in [0.3, 0.4) is 0 Å². The predicted octanol–water partition coefficient (Wildman–Crippen LogP) is 4.29. The number of pyridine rings is 1. The van der Waals surface area contributed by atoms with Gasteiger partial charge in [0.15, 0.2) is 15.6 Å². The Balaban J connectivity index is 1.73. The van der Waals surface area contributed by atoms with E-state index in [1.807, 2.05) is 18.2 Å². The zero-order valence-corrected chi connectivity index (χ0v) is 15.8. The quantitative estimate of drug-likeness (QED) is 0.596. The molecule has 0 radical (unpaired) electrons. The van der Waals surface area contributed by atoms with Crippen molar-refractivity contribution in [1.29, 1.82) is 0 Å². The average molecular weight is 381 g/mol. The molecule has 6 heteroatoms. The molecule has 3 aromatic rings. The van der Waals surface area contributed by atoms with Crippen LogP contribution in [0, 0.1) is 0 Å². The van der Waals surface area contributed by atoms with Crippen LogP contribution < -0.4 is 4.74 Å². The third-order valence-corrected chi connectivity index (χ3v) is 6.17. The molecule has 0 atom stereocenters. The van der Waals surface area contributed by atoms with Crippen molar-refractivity contribution in [2.45, 2.75) is 24.0 Å². The number of benzene rings is 2. The lowest BCUT2D eigenvalue weighted by Crippen LogP contribution is -2.14. The summed E-state index contributed by atoms with van der Waals surface area (Å²) in [4.78, 5) is 16.6. The van der Waals surface area contributed by atoms with E-state index in [9.17, 15) is 13.2 Å². The summed E-state index contributed by atoms with van der Waals surface area (Å²) in [6, 6.07) is 18.7. The maximum Gasteiger partial charge on any atom is 0.219 e. The van der Waals surface area contributed by atoms with E-state index in [0.29, 0.717) is 16.9 Å². The first-order valence-electron chi connectivity index (χ1n) is 8.45. The van der Waals surface area contributed by atoms with Crippen molar-refractivity contribution in [2.75, 3.05) is 0 Å². The lowest BCUT2D eigenvalue weighted by Gasteiger charge is -2.09. The van der Waals surface area contributed by atoms with Crippen molar-refractivity contribution >= 4 is 15.6 Å². The number of carbonyl (C=O) groups is 1. The number of aromatic nitrogens is 1. The van der Waals surface area contributed by atoms with E-state index in [2.05, 4.69) is 4.98 Å². The van der Waals surface area contributed by atoms with Gasteiger partial charge in [-0.1, -0.05) is 30.3 Å². The van der Waals surface area contributed by atoms with Crippen LogP contribution >= 0.6 is 0 Å². The molecule has 0 fully saturated rings. The highest BCUT2D eigenvalue weighted by Gasteiger charge is 2.19. The second-order valence-electron chi connectivity index (χ2n) is 6.25. The summed E-state index contributed by atoms with van der Waals surface area (Å²) in [5, 5.41) is -0.513. The van der Waals surface area contributed by atoms with E-state index < -0.39 is 15.1 Å². The molecule has 5 nitrogen and oxygen atoms in total. The molecule has 27 heavy (non-hydrogen) atoms. The van der Waals surface area contributed by atoms with Crippen molar-refractivity contribution in [3.63, 3.8) is 0 Å². The van der Waals surface area contributed by atoms with Gasteiger partial charge in [-0.2, -0.15) is 0 Å². The molecular weight excluding hydrogens is 362 g/mol. The van der Waals surface area contributed by atoms with Crippen LogP contribution in [0.4, 0.5) is 0 Å². The average Bonchev–Trinajstić information content (AvgIpc) is 2.69. The van der Waals surface area contributed by atoms with Crippen LogP contribution in [-0.4, -0.2) is 24.4 Å². The normalized spacial score (nSPS) is 11.4. The fourth-order valence-electron chi connectivity index (χ4n) is 2.42. The number of sulfone groups is 1. The summed E-state index contributed by atoms with van der Waals surface area (Å²) >= 11 is 0. The maximum atomic E-state index is 12.4. The number of ether oxygens (including phenoxy) is 1. The molecule has 1 heterocycles. The highest BCUT2D eigenvalue weighted by molar-refractivity contribution is 7.92. The smallest absolute Gasteiger partial charge is 0.219 e. The van der Waals surface area contributed by atoms with Crippen molar-refractivity contribution in [3.05, 3.63) is 84.1 Å². The highest BCUT2D eigenvalue weighted by atomic mass is 32.2. The summed E-state index contributed by atoms with van der Waals surface area (Å²) in [7, 11) is -3.36. The van der Waals surface area contributed by atoms with Crippen molar-refractivity contribution < 1.29 is 17.9 Å². The number of ketones is 1. The van der Waals surface area contributed by atoms with Crippen molar-refractivity contribution in [3.8, 4) is 11.6 Å². The Hall–Kier alpha value is -2.99. The minimum atomic E-state index is -3.36. The summed E-state index contributed by atoms with van der Waals surface area (Å²) in [6.45, 7) is 3.25. The fourth-order valence-corrected chi connectivity index (χ4v) is 3.42. The summed E-state index contributed by atoms with van der Waals surface area (Å²) in [5.41, 5.74) is 1.18. The molecule has 0 aliphatic rings. The molecule has 0 saturated heterocycles. The summed E-state index contributed by atoms with van der Waals surface area (Å²) in [6.07, 6.45) is 1.29. The maximum absolute atomic E-state index is 12.4. The highest BCUT2D eigenvalue weighted by Crippen LogP contribution is 2.23. The summed E-state index contributed by atoms with van der Waals surface area (Å²) < 4.78 is 29.8.